The highest BCUT2D eigenvalue weighted by Crippen LogP contribution is 2.25. The summed E-state index contributed by atoms with van der Waals surface area (Å²) in [5.41, 5.74) is 6.91. The van der Waals surface area contributed by atoms with Gasteiger partial charge in [0.1, 0.15) is 5.84 Å². The predicted octanol–water partition coefficient (Wildman–Crippen LogP) is 3.86. The fourth-order valence-electron chi connectivity index (χ4n) is 1.64. The number of para-hydroxylation sites is 1. The smallest absolute Gasteiger partial charge is 0.125 e. The van der Waals surface area contributed by atoms with Crippen LogP contribution in [0.1, 0.15) is 41.5 Å². The van der Waals surface area contributed by atoms with E-state index >= 15 is 0 Å². The average molecular weight is 249 g/mol. The first-order chi connectivity index (χ1) is 8.70. The summed E-state index contributed by atoms with van der Waals surface area (Å²) < 4.78 is 0. The molecule has 1 aromatic rings. The lowest BCUT2D eigenvalue weighted by Gasteiger charge is -2.22. The number of anilines is 1. The van der Waals surface area contributed by atoms with Crippen LogP contribution in [0.4, 0.5) is 5.69 Å². The predicted molar refractivity (Wildman–Crippen MR) is 81.9 cm³/mol. The van der Waals surface area contributed by atoms with Crippen molar-refractivity contribution >= 4 is 11.5 Å². The number of rotatable bonds is 1. The van der Waals surface area contributed by atoms with Gasteiger partial charge >= 0.3 is 0 Å². The third kappa shape index (κ3) is 3.76. The van der Waals surface area contributed by atoms with Gasteiger partial charge in [-0.25, -0.2) is 0 Å². The highest BCUT2D eigenvalue weighted by Gasteiger charge is 2.29. The van der Waals surface area contributed by atoms with Gasteiger partial charge in [0.05, 0.1) is 11.7 Å². The zero-order valence-electron chi connectivity index (χ0n) is 12.5. The topological polar surface area (TPSA) is 41.6 Å². The van der Waals surface area contributed by atoms with Crippen LogP contribution in [0.2, 0.25) is 0 Å². The maximum atomic E-state index is 5.80. The van der Waals surface area contributed by atoms with Crippen LogP contribution in [-0.4, -0.2) is 11.9 Å². The molecule has 0 amide bonds. The molecule has 2 N–H and O–H groups in total. The van der Waals surface area contributed by atoms with Crippen LogP contribution in [0.5, 0.6) is 0 Å². The third-order valence-electron chi connectivity index (χ3n) is 2.82. The molecule has 0 saturated carbocycles. The molecular weight excluding hydrogens is 222 g/mol. The molecule has 0 saturated heterocycles. The largest absolute Gasteiger partial charge is 0.385 e. The Morgan fingerprint density at radius 2 is 1.50 bits per heavy atom. The van der Waals surface area contributed by atoms with Gasteiger partial charge in [-0.3, -0.25) is 5.01 Å². The molecule has 0 aliphatic carbocycles. The first-order valence-electron chi connectivity index (χ1n) is 6.88. The first-order valence-corrected chi connectivity index (χ1v) is 6.88. The highest BCUT2D eigenvalue weighted by molar-refractivity contribution is 5.87. The van der Waals surface area contributed by atoms with Gasteiger partial charge in [-0.1, -0.05) is 52.8 Å². The van der Waals surface area contributed by atoms with E-state index in [1.165, 1.54) is 0 Å². The Labute approximate surface area is 112 Å². The van der Waals surface area contributed by atoms with E-state index in [1.54, 1.807) is 0 Å². The zero-order valence-corrected chi connectivity index (χ0v) is 12.5. The second-order valence-corrected chi connectivity index (χ2v) is 3.73. The molecule has 1 aliphatic heterocycles. The van der Waals surface area contributed by atoms with E-state index in [0.29, 0.717) is 12.0 Å². The molecule has 1 heterocycles. The summed E-state index contributed by atoms with van der Waals surface area (Å²) in [6.07, 6.45) is 0. The van der Waals surface area contributed by atoms with Gasteiger partial charge in [0.15, 0.2) is 0 Å². The van der Waals surface area contributed by atoms with Crippen molar-refractivity contribution in [2.75, 3.05) is 5.01 Å². The van der Waals surface area contributed by atoms with E-state index < -0.39 is 0 Å². The molecule has 102 valence electrons. The van der Waals surface area contributed by atoms with Gasteiger partial charge in [-0.15, -0.1) is 0 Å². The van der Waals surface area contributed by atoms with Crippen molar-refractivity contribution in [3.63, 3.8) is 0 Å². The van der Waals surface area contributed by atoms with Crippen LogP contribution in [-0.2, 0) is 0 Å². The van der Waals surface area contributed by atoms with Crippen molar-refractivity contribution in [1.29, 1.82) is 0 Å². The van der Waals surface area contributed by atoms with Crippen molar-refractivity contribution in [3.8, 4) is 0 Å². The zero-order chi connectivity index (χ0) is 14.1. The minimum Gasteiger partial charge on any atom is -0.385 e. The van der Waals surface area contributed by atoms with Crippen molar-refractivity contribution in [1.82, 2.24) is 0 Å². The second kappa shape index (κ2) is 8.56. The van der Waals surface area contributed by atoms with Crippen LogP contribution in [0, 0.1) is 5.92 Å². The second-order valence-electron chi connectivity index (χ2n) is 3.73. The fraction of sp³-hybridized carbons (Fsp3) is 0.533. The van der Waals surface area contributed by atoms with Gasteiger partial charge in [-0.05, 0) is 19.1 Å². The number of hydrogen-bond donors (Lipinski definition) is 1. The Morgan fingerprint density at radius 1 is 1.00 bits per heavy atom. The molecule has 3 nitrogen and oxygen atoms in total. The average Bonchev–Trinajstić information content (AvgIpc) is 2.72. The lowest BCUT2D eigenvalue weighted by Crippen LogP contribution is -2.30. The van der Waals surface area contributed by atoms with Crippen LogP contribution in [0.25, 0.3) is 0 Å². The van der Waals surface area contributed by atoms with E-state index in [-0.39, 0.29) is 0 Å². The summed E-state index contributed by atoms with van der Waals surface area (Å²) in [6.45, 7) is 12.2. The molecule has 18 heavy (non-hydrogen) atoms. The lowest BCUT2D eigenvalue weighted by atomic mass is 10.0. The highest BCUT2D eigenvalue weighted by atomic mass is 15.5. The molecule has 2 unspecified atom stereocenters. The Kier molecular flexibility index (Phi) is 7.84. The van der Waals surface area contributed by atoms with Gasteiger partial charge in [-0.2, -0.15) is 5.10 Å². The fourth-order valence-corrected chi connectivity index (χ4v) is 1.64. The molecule has 0 radical (unpaired) electrons. The lowest BCUT2D eigenvalue weighted by molar-refractivity contribution is 0.602. The summed E-state index contributed by atoms with van der Waals surface area (Å²) >= 11 is 0. The standard InChI is InChI=1S/C11H15N3.2C2H6/c1-8-9(2)14(13-11(8)12)10-6-4-3-5-7-10;2*1-2/h3-9H,1-2H3,(H2,12,13);2*1-2H3. The molecule has 3 heteroatoms. The van der Waals surface area contributed by atoms with Crippen molar-refractivity contribution in [2.45, 2.75) is 47.6 Å². The molecule has 0 fully saturated rings. The molecule has 1 aliphatic rings. The Hall–Kier alpha value is -1.51. The van der Waals surface area contributed by atoms with Gasteiger partial charge in [0, 0.05) is 5.92 Å². The Morgan fingerprint density at radius 3 is 1.89 bits per heavy atom. The summed E-state index contributed by atoms with van der Waals surface area (Å²) in [5, 5.41) is 6.33. The van der Waals surface area contributed by atoms with Gasteiger partial charge in [0.25, 0.3) is 0 Å². The van der Waals surface area contributed by atoms with Crippen molar-refractivity contribution in [3.05, 3.63) is 30.3 Å². The normalized spacial score (nSPS) is 21.2. The molecule has 2 atom stereocenters. The van der Waals surface area contributed by atoms with Crippen LogP contribution >= 0.6 is 0 Å². The van der Waals surface area contributed by atoms with E-state index in [4.69, 9.17) is 5.73 Å². The maximum absolute atomic E-state index is 5.80. The van der Waals surface area contributed by atoms with E-state index in [0.717, 1.165) is 11.5 Å². The maximum Gasteiger partial charge on any atom is 0.125 e. The van der Waals surface area contributed by atoms with Crippen LogP contribution < -0.4 is 10.7 Å². The molecular formula is C15H27N3. The summed E-state index contributed by atoms with van der Waals surface area (Å²) in [6, 6.07) is 10.5. The number of nitrogens with two attached hydrogens (primary N) is 1. The van der Waals surface area contributed by atoms with E-state index in [9.17, 15) is 0 Å². The first kappa shape index (κ1) is 16.5. The van der Waals surface area contributed by atoms with Gasteiger partial charge in [0.2, 0.25) is 0 Å². The van der Waals surface area contributed by atoms with Crippen molar-refractivity contribution in [2.24, 2.45) is 16.8 Å². The molecule has 0 aromatic heterocycles. The summed E-state index contributed by atoms with van der Waals surface area (Å²) in [4.78, 5) is 0. The molecule has 2 rings (SSSR count). The Bertz CT molecular complexity index is 346. The number of benzene rings is 1. The number of nitrogens with zero attached hydrogens (tertiary/aromatic N) is 2. The number of amidine groups is 1. The molecule has 0 bridgehead atoms. The SMILES string of the molecule is CC.CC.CC1C(N)=NN(c2ccccc2)C1C. The Balaban J connectivity index is 0.000000659. The molecule has 0 spiro atoms. The minimum absolute atomic E-state index is 0.329. The van der Waals surface area contributed by atoms with E-state index in [1.807, 2.05) is 63.0 Å². The molecule has 1 aromatic carbocycles. The van der Waals surface area contributed by atoms with Gasteiger partial charge < -0.3 is 5.73 Å². The number of hydrogen-bond acceptors (Lipinski definition) is 3. The third-order valence-corrected chi connectivity index (χ3v) is 2.82. The quantitative estimate of drug-likeness (QED) is 0.821. The minimum atomic E-state index is 0.329. The van der Waals surface area contributed by atoms with E-state index in [2.05, 4.69) is 18.9 Å². The van der Waals surface area contributed by atoms with Crippen LogP contribution in [0.15, 0.2) is 35.4 Å². The monoisotopic (exact) mass is 249 g/mol. The van der Waals surface area contributed by atoms with Crippen molar-refractivity contribution < 1.29 is 0 Å². The summed E-state index contributed by atoms with van der Waals surface area (Å²) in [5.74, 6) is 1.05. The summed E-state index contributed by atoms with van der Waals surface area (Å²) in [7, 11) is 0. The van der Waals surface area contributed by atoms with Crippen LogP contribution in [0.3, 0.4) is 0 Å². The number of hydrazone groups is 1.